The lowest BCUT2D eigenvalue weighted by Crippen LogP contribution is -2.19. The molecule has 0 saturated carbocycles. The van der Waals surface area contributed by atoms with Crippen LogP contribution in [0.25, 0.3) is 21.8 Å². The van der Waals surface area contributed by atoms with E-state index in [1.807, 2.05) is 56.6 Å². The second-order valence-electron chi connectivity index (χ2n) is 8.15. The largest absolute Gasteiger partial charge is 0.492 e. The molecule has 0 spiro atoms. The number of nitrogens with zero attached hydrogens (tertiary/aromatic N) is 6. The van der Waals surface area contributed by atoms with Crippen LogP contribution in [-0.4, -0.2) is 52.0 Å². The second-order valence-corrected chi connectivity index (χ2v) is 8.15. The fraction of sp³-hybridized carbons (Fsp3) is 0.154. The number of anilines is 1. The van der Waals surface area contributed by atoms with Crippen molar-refractivity contribution in [3.63, 3.8) is 0 Å². The van der Waals surface area contributed by atoms with Gasteiger partial charge in [0.1, 0.15) is 18.1 Å². The minimum Gasteiger partial charge on any atom is -0.492 e. The summed E-state index contributed by atoms with van der Waals surface area (Å²) in [5, 5.41) is 15.3. The summed E-state index contributed by atoms with van der Waals surface area (Å²) < 4.78 is 11.8. The third-order valence-corrected chi connectivity index (χ3v) is 5.34. The van der Waals surface area contributed by atoms with Crippen molar-refractivity contribution in [3.8, 4) is 23.6 Å². The van der Waals surface area contributed by atoms with Crippen LogP contribution in [-0.2, 0) is 0 Å². The molecule has 174 valence electrons. The van der Waals surface area contributed by atoms with E-state index in [1.165, 1.54) is 0 Å². The highest BCUT2D eigenvalue weighted by Crippen LogP contribution is 2.29. The van der Waals surface area contributed by atoms with E-state index in [2.05, 4.69) is 31.5 Å². The highest BCUT2D eigenvalue weighted by molar-refractivity contribution is 5.91. The molecular formula is C26H23N7O2. The lowest BCUT2D eigenvalue weighted by molar-refractivity contribution is 0.261. The van der Waals surface area contributed by atoms with Crippen molar-refractivity contribution in [3.05, 3.63) is 78.5 Å². The van der Waals surface area contributed by atoms with E-state index in [0.717, 1.165) is 22.8 Å². The van der Waals surface area contributed by atoms with Gasteiger partial charge in [0, 0.05) is 23.4 Å². The molecule has 0 fully saturated rings. The Morgan fingerprint density at radius 2 is 1.80 bits per heavy atom. The summed E-state index contributed by atoms with van der Waals surface area (Å²) in [6.07, 6.45) is 1.79. The average molecular weight is 466 g/mol. The standard InChI is InChI=1S/C26H23N7O2/c1-32(2)13-14-34-21-11-12-22-23(15-21)29-26(35-20-9-7-18(16-27)8-10-20)30-25(22)31-33-24-6-4-3-5-19(24)17-28-33/h3-12,15,17H,13-14H2,1-2H3,(H,29,30,31). The number of hydrogen-bond donors (Lipinski definition) is 1. The fourth-order valence-electron chi connectivity index (χ4n) is 3.52. The summed E-state index contributed by atoms with van der Waals surface area (Å²) in [5.74, 6) is 1.77. The Bertz CT molecular complexity index is 1520. The lowest BCUT2D eigenvalue weighted by Gasteiger charge is -2.14. The minimum absolute atomic E-state index is 0.159. The predicted octanol–water partition coefficient (Wildman–Crippen LogP) is 4.46. The molecule has 35 heavy (non-hydrogen) atoms. The lowest BCUT2D eigenvalue weighted by atomic mass is 10.2. The van der Waals surface area contributed by atoms with Gasteiger partial charge in [-0.15, -0.1) is 0 Å². The topological polar surface area (TPSA) is 101 Å². The maximum absolute atomic E-state index is 9.04. The first-order valence-corrected chi connectivity index (χ1v) is 11.1. The third kappa shape index (κ3) is 4.98. The van der Waals surface area contributed by atoms with E-state index >= 15 is 0 Å². The molecule has 5 rings (SSSR count). The molecule has 0 aliphatic heterocycles. The first-order chi connectivity index (χ1) is 17.1. The van der Waals surface area contributed by atoms with Gasteiger partial charge in [0.2, 0.25) is 0 Å². The van der Waals surface area contributed by atoms with Crippen molar-refractivity contribution in [1.82, 2.24) is 24.8 Å². The van der Waals surface area contributed by atoms with Crippen molar-refractivity contribution < 1.29 is 9.47 Å². The number of benzene rings is 3. The number of nitrogens with one attached hydrogen (secondary N) is 1. The van der Waals surface area contributed by atoms with Crippen molar-refractivity contribution >= 4 is 27.6 Å². The van der Waals surface area contributed by atoms with Gasteiger partial charge in [-0.1, -0.05) is 18.2 Å². The molecule has 0 radical (unpaired) electrons. The first kappa shape index (κ1) is 22.1. The maximum atomic E-state index is 9.04. The fourth-order valence-corrected chi connectivity index (χ4v) is 3.52. The molecule has 0 bridgehead atoms. The van der Waals surface area contributed by atoms with Gasteiger partial charge < -0.3 is 14.4 Å². The molecule has 0 aliphatic rings. The zero-order valence-electron chi connectivity index (χ0n) is 19.3. The molecule has 0 amide bonds. The summed E-state index contributed by atoms with van der Waals surface area (Å²) in [4.78, 5) is 13.0. The molecule has 2 heterocycles. The Hall–Kier alpha value is -4.68. The van der Waals surface area contributed by atoms with Gasteiger partial charge in [0.25, 0.3) is 0 Å². The van der Waals surface area contributed by atoms with Gasteiger partial charge in [0.05, 0.1) is 28.9 Å². The van der Waals surface area contributed by atoms with Crippen LogP contribution < -0.4 is 14.9 Å². The van der Waals surface area contributed by atoms with E-state index in [4.69, 9.17) is 14.7 Å². The van der Waals surface area contributed by atoms with Crippen LogP contribution in [0.4, 0.5) is 5.82 Å². The molecule has 2 aromatic heterocycles. The molecule has 0 unspecified atom stereocenters. The number of ether oxygens (including phenoxy) is 2. The Morgan fingerprint density at radius 3 is 2.60 bits per heavy atom. The van der Waals surface area contributed by atoms with E-state index < -0.39 is 0 Å². The van der Waals surface area contributed by atoms with Crippen LogP contribution in [0.5, 0.6) is 17.5 Å². The smallest absolute Gasteiger partial charge is 0.324 e. The summed E-state index contributed by atoms with van der Waals surface area (Å²) >= 11 is 0. The summed E-state index contributed by atoms with van der Waals surface area (Å²) in [6.45, 7) is 1.36. The summed E-state index contributed by atoms with van der Waals surface area (Å²) in [6, 6.07) is 22.6. The molecule has 5 aromatic rings. The molecule has 0 saturated heterocycles. The van der Waals surface area contributed by atoms with Gasteiger partial charge in [-0.2, -0.15) is 25.1 Å². The molecule has 0 aliphatic carbocycles. The monoisotopic (exact) mass is 465 g/mol. The van der Waals surface area contributed by atoms with Crippen molar-refractivity contribution in [2.45, 2.75) is 0 Å². The molecule has 3 aromatic carbocycles. The van der Waals surface area contributed by atoms with Gasteiger partial charge in [-0.05, 0) is 56.6 Å². The van der Waals surface area contributed by atoms with Crippen molar-refractivity contribution in [1.29, 1.82) is 5.26 Å². The van der Waals surface area contributed by atoms with Crippen LogP contribution in [0.3, 0.4) is 0 Å². The normalized spacial score (nSPS) is 11.0. The zero-order chi connectivity index (χ0) is 24.2. The number of likely N-dealkylation sites (N-methyl/N-ethyl adjacent to an activating group) is 1. The minimum atomic E-state index is 0.159. The van der Waals surface area contributed by atoms with Gasteiger partial charge in [-0.25, -0.2) is 0 Å². The van der Waals surface area contributed by atoms with Gasteiger partial charge in [-0.3, -0.25) is 5.43 Å². The predicted molar refractivity (Wildman–Crippen MR) is 134 cm³/mol. The molecular weight excluding hydrogens is 442 g/mol. The van der Waals surface area contributed by atoms with Gasteiger partial charge in [0.15, 0.2) is 5.82 Å². The average Bonchev–Trinajstić information content (AvgIpc) is 3.27. The quantitative estimate of drug-likeness (QED) is 0.358. The number of para-hydroxylation sites is 1. The summed E-state index contributed by atoms with van der Waals surface area (Å²) in [5.41, 5.74) is 5.39. The molecule has 1 N–H and O–H groups in total. The Labute approximate surface area is 202 Å². The molecule has 0 atom stereocenters. The van der Waals surface area contributed by atoms with Crippen LogP contribution in [0.2, 0.25) is 0 Å². The van der Waals surface area contributed by atoms with Crippen LogP contribution in [0.15, 0.2) is 72.9 Å². The van der Waals surface area contributed by atoms with Crippen molar-refractivity contribution in [2.24, 2.45) is 0 Å². The molecule has 9 nitrogen and oxygen atoms in total. The number of hydrogen-bond acceptors (Lipinski definition) is 8. The van der Waals surface area contributed by atoms with Crippen LogP contribution in [0, 0.1) is 11.3 Å². The second kappa shape index (κ2) is 9.67. The number of nitriles is 1. The first-order valence-electron chi connectivity index (χ1n) is 11.1. The number of fused-ring (bicyclic) bond motifs is 2. The van der Waals surface area contributed by atoms with Crippen molar-refractivity contribution in [2.75, 3.05) is 32.7 Å². The SMILES string of the molecule is CN(C)CCOc1ccc2c(Nn3ncc4ccccc43)nc(Oc3ccc(C#N)cc3)nc2c1. The highest BCUT2D eigenvalue weighted by Gasteiger charge is 2.13. The summed E-state index contributed by atoms with van der Waals surface area (Å²) in [7, 11) is 4.00. The number of aromatic nitrogens is 4. The zero-order valence-corrected chi connectivity index (χ0v) is 19.3. The van der Waals surface area contributed by atoms with Crippen LogP contribution >= 0.6 is 0 Å². The van der Waals surface area contributed by atoms with E-state index in [9.17, 15) is 0 Å². The maximum Gasteiger partial charge on any atom is 0.324 e. The number of rotatable bonds is 8. The third-order valence-electron chi connectivity index (χ3n) is 5.34. The Morgan fingerprint density at radius 1 is 1.00 bits per heavy atom. The van der Waals surface area contributed by atoms with Crippen LogP contribution in [0.1, 0.15) is 5.56 Å². The van der Waals surface area contributed by atoms with E-state index in [0.29, 0.717) is 35.0 Å². The Balaban J connectivity index is 1.52. The van der Waals surface area contributed by atoms with E-state index in [-0.39, 0.29) is 6.01 Å². The highest BCUT2D eigenvalue weighted by atomic mass is 16.5. The van der Waals surface area contributed by atoms with Gasteiger partial charge >= 0.3 is 6.01 Å². The Kier molecular flexibility index (Phi) is 6.11. The van der Waals surface area contributed by atoms with E-state index in [1.54, 1.807) is 35.3 Å². The molecule has 9 heteroatoms.